The molecule has 8 heteroatoms. The second-order valence-corrected chi connectivity index (χ2v) is 7.36. The third-order valence-electron chi connectivity index (χ3n) is 4.62. The number of carbonyl (C=O) groups excluding carboxylic acids is 1. The molecule has 2 aromatic heterocycles. The van der Waals surface area contributed by atoms with E-state index in [1.165, 1.54) is 17.4 Å². The van der Waals surface area contributed by atoms with E-state index >= 15 is 0 Å². The molecule has 1 aromatic carbocycles. The van der Waals surface area contributed by atoms with Gasteiger partial charge in [-0.1, -0.05) is 17.4 Å². The summed E-state index contributed by atoms with van der Waals surface area (Å²) in [6, 6.07) is 6.86. The first-order chi connectivity index (χ1) is 12.6. The molecule has 1 fully saturated rings. The fourth-order valence-corrected chi connectivity index (χ4v) is 4.29. The number of hydrogen-bond acceptors (Lipinski definition) is 5. The Balaban J connectivity index is 1.48. The first-order valence-corrected chi connectivity index (χ1v) is 9.52. The summed E-state index contributed by atoms with van der Waals surface area (Å²) in [5.41, 5.74) is 1.92. The highest BCUT2D eigenvalue weighted by molar-refractivity contribution is 7.22. The van der Waals surface area contributed by atoms with E-state index in [9.17, 15) is 9.18 Å². The maximum atomic E-state index is 13.9. The predicted molar refractivity (Wildman–Crippen MR) is 100 cm³/mol. The summed E-state index contributed by atoms with van der Waals surface area (Å²) in [5.74, 6) is -0.274. The minimum Gasteiger partial charge on any atom is -0.345 e. The number of piperazine rings is 1. The lowest BCUT2D eigenvalue weighted by molar-refractivity contribution is 0.0734. The van der Waals surface area contributed by atoms with Gasteiger partial charge in [-0.05, 0) is 32.0 Å². The van der Waals surface area contributed by atoms with Gasteiger partial charge in [-0.25, -0.2) is 9.37 Å². The molecule has 0 unspecified atom stereocenters. The van der Waals surface area contributed by atoms with Crippen LogP contribution in [0.1, 0.15) is 23.1 Å². The van der Waals surface area contributed by atoms with Gasteiger partial charge in [0.25, 0.3) is 5.91 Å². The van der Waals surface area contributed by atoms with Crippen molar-refractivity contribution in [1.29, 1.82) is 0 Å². The highest BCUT2D eigenvalue weighted by atomic mass is 32.1. The number of nitrogens with zero attached hydrogens (tertiary/aromatic N) is 5. The van der Waals surface area contributed by atoms with E-state index in [1.54, 1.807) is 10.7 Å². The van der Waals surface area contributed by atoms with E-state index in [1.807, 2.05) is 30.9 Å². The third-order valence-corrected chi connectivity index (χ3v) is 5.70. The van der Waals surface area contributed by atoms with Crippen LogP contribution in [0.4, 0.5) is 9.52 Å². The lowest BCUT2D eigenvalue weighted by Gasteiger charge is -2.34. The molecule has 3 aromatic rings. The number of halogens is 1. The van der Waals surface area contributed by atoms with Crippen molar-refractivity contribution < 1.29 is 9.18 Å². The monoisotopic (exact) mass is 373 g/mol. The Morgan fingerprint density at radius 1 is 1.27 bits per heavy atom. The lowest BCUT2D eigenvalue weighted by atomic mass is 10.2. The molecule has 0 N–H and O–H groups in total. The number of benzene rings is 1. The van der Waals surface area contributed by atoms with Crippen LogP contribution >= 0.6 is 11.3 Å². The van der Waals surface area contributed by atoms with Crippen LogP contribution in [0, 0.1) is 12.7 Å². The van der Waals surface area contributed by atoms with Gasteiger partial charge in [-0.3, -0.25) is 9.48 Å². The number of aromatic nitrogens is 3. The van der Waals surface area contributed by atoms with Crippen molar-refractivity contribution in [3.8, 4) is 0 Å². The summed E-state index contributed by atoms with van der Waals surface area (Å²) in [6.45, 7) is 7.15. The Kier molecular flexibility index (Phi) is 4.36. The minimum absolute atomic E-state index is 0.0162. The van der Waals surface area contributed by atoms with Gasteiger partial charge in [0, 0.05) is 32.7 Å². The van der Waals surface area contributed by atoms with Crippen LogP contribution in [0.3, 0.4) is 0 Å². The Labute approximate surface area is 154 Å². The zero-order chi connectivity index (χ0) is 18.3. The fraction of sp³-hybridized carbons (Fsp3) is 0.389. The van der Waals surface area contributed by atoms with E-state index < -0.39 is 0 Å². The zero-order valence-electron chi connectivity index (χ0n) is 14.8. The number of aryl methyl sites for hydroxylation is 2. The fourth-order valence-electron chi connectivity index (χ4n) is 3.26. The Bertz CT molecular complexity index is 958. The molecule has 6 nitrogen and oxygen atoms in total. The lowest BCUT2D eigenvalue weighted by Crippen LogP contribution is -2.49. The minimum atomic E-state index is -0.290. The SMILES string of the molecule is CCn1nc(C)cc1C(=O)N1CCN(c2nc3c(F)cccc3s2)CC1. The predicted octanol–water partition coefficient (Wildman–Crippen LogP) is 2.92. The Morgan fingerprint density at radius 2 is 2.04 bits per heavy atom. The van der Waals surface area contributed by atoms with Crippen LogP contribution < -0.4 is 4.90 Å². The molecule has 1 aliphatic rings. The molecular formula is C18H20FN5OS. The van der Waals surface area contributed by atoms with E-state index in [2.05, 4.69) is 15.0 Å². The first kappa shape index (κ1) is 17.0. The summed E-state index contributed by atoms with van der Waals surface area (Å²) in [5, 5.41) is 5.17. The second-order valence-electron chi connectivity index (χ2n) is 6.35. The number of hydrogen-bond donors (Lipinski definition) is 0. The van der Waals surface area contributed by atoms with Gasteiger partial charge in [0.05, 0.1) is 10.4 Å². The van der Waals surface area contributed by atoms with Crippen molar-refractivity contribution in [2.24, 2.45) is 0 Å². The van der Waals surface area contributed by atoms with E-state index in [-0.39, 0.29) is 11.7 Å². The molecule has 3 heterocycles. The summed E-state index contributed by atoms with van der Waals surface area (Å²) in [6.07, 6.45) is 0. The smallest absolute Gasteiger partial charge is 0.272 e. The van der Waals surface area contributed by atoms with Gasteiger partial charge < -0.3 is 9.80 Å². The number of para-hydroxylation sites is 1. The van der Waals surface area contributed by atoms with Gasteiger partial charge in [0.15, 0.2) is 5.13 Å². The van der Waals surface area contributed by atoms with Crippen LogP contribution in [-0.2, 0) is 6.54 Å². The number of carbonyl (C=O) groups is 1. The molecule has 1 aliphatic heterocycles. The molecule has 1 saturated heterocycles. The molecule has 4 rings (SSSR count). The second kappa shape index (κ2) is 6.68. The van der Waals surface area contributed by atoms with Crippen molar-refractivity contribution in [1.82, 2.24) is 19.7 Å². The van der Waals surface area contributed by atoms with E-state index in [4.69, 9.17) is 0 Å². The summed E-state index contributed by atoms with van der Waals surface area (Å²) >= 11 is 1.49. The van der Waals surface area contributed by atoms with Crippen LogP contribution in [0.2, 0.25) is 0 Å². The number of amides is 1. The summed E-state index contributed by atoms with van der Waals surface area (Å²) < 4.78 is 16.5. The maximum absolute atomic E-state index is 13.9. The molecule has 0 radical (unpaired) electrons. The van der Waals surface area contributed by atoms with E-state index in [0.717, 1.165) is 15.5 Å². The van der Waals surface area contributed by atoms with Gasteiger partial charge in [-0.2, -0.15) is 5.10 Å². The van der Waals surface area contributed by atoms with Crippen LogP contribution in [-0.4, -0.2) is 51.8 Å². The number of fused-ring (bicyclic) bond motifs is 1. The van der Waals surface area contributed by atoms with Crippen LogP contribution in [0.25, 0.3) is 10.2 Å². The average molecular weight is 373 g/mol. The molecule has 136 valence electrons. The molecule has 0 saturated carbocycles. The Hall–Kier alpha value is -2.48. The largest absolute Gasteiger partial charge is 0.345 e. The standard InChI is InChI=1S/C18H20FN5OS/c1-3-24-14(11-12(2)21-24)17(25)22-7-9-23(10-8-22)18-20-16-13(19)5-4-6-15(16)26-18/h4-6,11H,3,7-10H2,1-2H3. The highest BCUT2D eigenvalue weighted by Gasteiger charge is 2.26. The number of thiazole rings is 1. The zero-order valence-corrected chi connectivity index (χ0v) is 15.6. The topological polar surface area (TPSA) is 54.3 Å². The summed E-state index contributed by atoms with van der Waals surface area (Å²) in [7, 11) is 0. The van der Waals surface area contributed by atoms with Crippen LogP contribution in [0.15, 0.2) is 24.3 Å². The number of anilines is 1. The van der Waals surface area contributed by atoms with Gasteiger partial charge in [-0.15, -0.1) is 0 Å². The van der Waals surface area contributed by atoms with Crippen molar-refractivity contribution in [3.05, 3.63) is 41.5 Å². The molecule has 0 spiro atoms. The quantitative estimate of drug-likeness (QED) is 0.708. The van der Waals surface area contributed by atoms with Crippen molar-refractivity contribution in [3.63, 3.8) is 0 Å². The molecule has 1 amide bonds. The van der Waals surface area contributed by atoms with Crippen LogP contribution in [0.5, 0.6) is 0 Å². The maximum Gasteiger partial charge on any atom is 0.272 e. The molecular weight excluding hydrogens is 353 g/mol. The highest BCUT2D eigenvalue weighted by Crippen LogP contribution is 2.30. The average Bonchev–Trinajstić information content (AvgIpc) is 3.25. The van der Waals surface area contributed by atoms with Crippen molar-refractivity contribution >= 4 is 32.6 Å². The Morgan fingerprint density at radius 3 is 2.73 bits per heavy atom. The molecule has 0 bridgehead atoms. The number of rotatable bonds is 3. The van der Waals surface area contributed by atoms with E-state index in [0.29, 0.717) is 43.9 Å². The molecule has 0 atom stereocenters. The summed E-state index contributed by atoms with van der Waals surface area (Å²) in [4.78, 5) is 21.2. The normalized spacial score (nSPS) is 15.0. The van der Waals surface area contributed by atoms with Crippen molar-refractivity contribution in [2.45, 2.75) is 20.4 Å². The van der Waals surface area contributed by atoms with Gasteiger partial charge in [0.1, 0.15) is 17.0 Å². The van der Waals surface area contributed by atoms with Crippen molar-refractivity contribution in [2.75, 3.05) is 31.1 Å². The van der Waals surface area contributed by atoms with Gasteiger partial charge in [0.2, 0.25) is 0 Å². The molecule has 0 aliphatic carbocycles. The van der Waals surface area contributed by atoms with Gasteiger partial charge >= 0.3 is 0 Å². The first-order valence-electron chi connectivity index (χ1n) is 8.70. The molecule has 26 heavy (non-hydrogen) atoms. The third kappa shape index (κ3) is 2.94.